The third-order valence-electron chi connectivity index (χ3n) is 4.54. The Labute approximate surface area is 164 Å². The van der Waals surface area contributed by atoms with Crippen molar-refractivity contribution in [1.29, 1.82) is 0 Å². The molecule has 1 rings (SSSR count). The number of amides is 1. The lowest BCUT2D eigenvalue weighted by molar-refractivity contribution is -0.130. The first-order valence-corrected chi connectivity index (χ1v) is 9.86. The van der Waals surface area contributed by atoms with E-state index in [0.717, 1.165) is 18.1 Å². The van der Waals surface area contributed by atoms with Crippen LogP contribution in [0.3, 0.4) is 0 Å². The second-order valence-corrected chi connectivity index (χ2v) is 6.95. The zero-order valence-electron chi connectivity index (χ0n) is 17.5. The molecule has 0 saturated heterocycles. The lowest BCUT2D eigenvalue weighted by Gasteiger charge is -2.18. The second kappa shape index (κ2) is 13.0. The number of carbonyl (C=O) groups excluding carboxylic acids is 1. The number of hydrogen-bond acceptors (Lipinski definition) is 3. The molecule has 0 bridgehead atoms. The molecule has 0 spiro atoms. The topological polar surface area (TPSA) is 66.0 Å². The molecule has 1 aromatic rings. The molecule has 0 heterocycles. The average Bonchev–Trinajstić information content (AvgIpc) is 2.68. The van der Waals surface area contributed by atoms with E-state index in [4.69, 9.17) is 4.74 Å². The molecule has 0 radical (unpaired) electrons. The van der Waals surface area contributed by atoms with E-state index < -0.39 is 0 Å². The molecule has 1 unspecified atom stereocenters. The Kier molecular flexibility index (Phi) is 11.0. The number of likely N-dealkylation sites (N-methyl/N-ethyl adjacent to an activating group) is 1. The quantitative estimate of drug-likeness (QED) is 0.460. The number of unbranched alkanes of at least 4 members (excludes halogenated alkanes) is 1. The SMILES string of the molecule is CCCCC(CC)CNC(=NC)NCc1cccc(OCC(=O)N(C)C)c1. The molecule has 1 aromatic carbocycles. The molecule has 6 heteroatoms. The fraction of sp³-hybridized carbons (Fsp3) is 0.619. The molecule has 6 nitrogen and oxygen atoms in total. The van der Waals surface area contributed by atoms with E-state index in [-0.39, 0.29) is 12.5 Å². The molecule has 0 aromatic heterocycles. The molecule has 2 N–H and O–H groups in total. The van der Waals surface area contributed by atoms with E-state index in [1.165, 1.54) is 30.6 Å². The Morgan fingerprint density at radius 2 is 2.04 bits per heavy atom. The van der Waals surface area contributed by atoms with Crippen molar-refractivity contribution in [3.8, 4) is 5.75 Å². The van der Waals surface area contributed by atoms with Crippen LogP contribution in [-0.4, -0.2) is 51.1 Å². The fourth-order valence-electron chi connectivity index (χ4n) is 2.61. The molecule has 1 atom stereocenters. The Morgan fingerprint density at radius 1 is 1.26 bits per heavy atom. The highest BCUT2D eigenvalue weighted by Crippen LogP contribution is 2.13. The largest absolute Gasteiger partial charge is 0.484 e. The number of carbonyl (C=O) groups is 1. The van der Waals surface area contributed by atoms with Crippen LogP contribution in [0.25, 0.3) is 0 Å². The van der Waals surface area contributed by atoms with E-state index in [1.54, 1.807) is 21.1 Å². The standard InChI is InChI=1S/C21H36N4O2/c1-6-8-10-17(7-2)14-23-21(22-3)24-15-18-11-9-12-19(13-18)27-16-20(26)25(4)5/h9,11-13,17H,6-8,10,14-16H2,1-5H3,(H2,22,23,24). The molecule has 0 aliphatic rings. The van der Waals surface area contributed by atoms with Crippen LogP contribution in [0.5, 0.6) is 5.75 Å². The summed E-state index contributed by atoms with van der Waals surface area (Å²) in [5.74, 6) is 2.11. The van der Waals surface area contributed by atoms with Crippen LogP contribution in [-0.2, 0) is 11.3 Å². The van der Waals surface area contributed by atoms with E-state index >= 15 is 0 Å². The zero-order chi connectivity index (χ0) is 20.1. The predicted molar refractivity (Wildman–Crippen MR) is 112 cm³/mol. The van der Waals surface area contributed by atoms with E-state index in [2.05, 4.69) is 29.5 Å². The Bertz CT molecular complexity index is 587. The van der Waals surface area contributed by atoms with Gasteiger partial charge in [-0.1, -0.05) is 45.2 Å². The summed E-state index contributed by atoms with van der Waals surface area (Å²) in [5.41, 5.74) is 1.07. The minimum Gasteiger partial charge on any atom is -0.484 e. The molecule has 0 aliphatic heterocycles. The molecule has 152 valence electrons. The van der Waals surface area contributed by atoms with E-state index in [1.807, 2.05) is 24.3 Å². The molecule has 0 saturated carbocycles. The van der Waals surface area contributed by atoms with Crippen molar-refractivity contribution >= 4 is 11.9 Å². The van der Waals surface area contributed by atoms with Gasteiger partial charge in [0.1, 0.15) is 5.75 Å². The van der Waals surface area contributed by atoms with E-state index in [9.17, 15) is 4.79 Å². The molecule has 0 aliphatic carbocycles. The van der Waals surface area contributed by atoms with Crippen LogP contribution < -0.4 is 15.4 Å². The predicted octanol–water partition coefficient (Wildman–Crippen LogP) is 3.04. The normalized spacial score (nSPS) is 12.4. The highest BCUT2D eigenvalue weighted by atomic mass is 16.5. The lowest BCUT2D eigenvalue weighted by Crippen LogP contribution is -2.39. The summed E-state index contributed by atoms with van der Waals surface area (Å²) < 4.78 is 5.57. The Hall–Kier alpha value is -2.24. The summed E-state index contributed by atoms with van der Waals surface area (Å²) >= 11 is 0. The van der Waals surface area contributed by atoms with Crippen LogP contribution >= 0.6 is 0 Å². The van der Waals surface area contributed by atoms with Crippen LogP contribution in [0, 0.1) is 5.92 Å². The van der Waals surface area contributed by atoms with Gasteiger partial charge in [-0.05, 0) is 30.0 Å². The number of nitrogens with one attached hydrogen (secondary N) is 2. The maximum atomic E-state index is 11.6. The van der Waals surface area contributed by atoms with Crippen molar-refractivity contribution in [1.82, 2.24) is 15.5 Å². The van der Waals surface area contributed by atoms with Crippen molar-refractivity contribution in [2.24, 2.45) is 10.9 Å². The van der Waals surface area contributed by atoms with Gasteiger partial charge in [0.05, 0.1) is 0 Å². The van der Waals surface area contributed by atoms with Gasteiger partial charge in [-0.25, -0.2) is 0 Å². The van der Waals surface area contributed by atoms with Crippen molar-refractivity contribution in [3.63, 3.8) is 0 Å². The summed E-state index contributed by atoms with van der Waals surface area (Å²) in [6.07, 6.45) is 4.94. The number of benzene rings is 1. The molecule has 1 amide bonds. The van der Waals surface area contributed by atoms with Crippen LogP contribution in [0.1, 0.15) is 45.1 Å². The first-order valence-electron chi connectivity index (χ1n) is 9.86. The summed E-state index contributed by atoms with van der Waals surface area (Å²) in [5, 5.41) is 6.76. The van der Waals surface area contributed by atoms with Crippen molar-refractivity contribution in [3.05, 3.63) is 29.8 Å². The van der Waals surface area contributed by atoms with Crippen LogP contribution in [0.2, 0.25) is 0 Å². The van der Waals surface area contributed by atoms with Gasteiger partial charge in [0.15, 0.2) is 12.6 Å². The highest BCUT2D eigenvalue weighted by molar-refractivity contribution is 5.79. The highest BCUT2D eigenvalue weighted by Gasteiger charge is 2.08. The zero-order valence-corrected chi connectivity index (χ0v) is 17.5. The second-order valence-electron chi connectivity index (χ2n) is 6.95. The smallest absolute Gasteiger partial charge is 0.259 e. The van der Waals surface area contributed by atoms with Gasteiger partial charge in [0.25, 0.3) is 5.91 Å². The Morgan fingerprint density at radius 3 is 2.67 bits per heavy atom. The van der Waals surface area contributed by atoms with E-state index in [0.29, 0.717) is 18.2 Å². The summed E-state index contributed by atoms with van der Waals surface area (Å²) in [6, 6.07) is 7.76. The Balaban J connectivity index is 2.48. The van der Waals surface area contributed by atoms with Gasteiger partial charge < -0.3 is 20.3 Å². The summed E-state index contributed by atoms with van der Waals surface area (Å²) in [6.45, 7) is 6.10. The van der Waals surface area contributed by atoms with Gasteiger partial charge in [0.2, 0.25) is 0 Å². The maximum Gasteiger partial charge on any atom is 0.259 e. The average molecular weight is 377 g/mol. The van der Waals surface area contributed by atoms with Crippen molar-refractivity contribution in [2.45, 2.75) is 46.1 Å². The van der Waals surface area contributed by atoms with Gasteiger partial charge in [-0.15, -0.1) is 0 Å². The molecular weight excluding hydrogens is 340 g/mol. The maximum absolute atomic E-state index is 11.6. The third kappa shape index (κ3) is 9.31. The third-order valence-corrected chi connectivity index (χ3v) is 4.54. The first-order chi connectivity index (χ1) is 13.0. The number of ether oxygens (including phenoxy) is 1. The van der Waals surface area contributed by atoms with Crippen molar-refractivity contribution < 1.29 is 9.53 Å². The fourth-order valence-corrected chi connectivity index (χ4v) is 2.61. The molecular formula is C21H36N4O2. The van der Waals surface area contributed by atoms with Gasteiger partial charge in [-0.3, -0.25) is 9.79 Å². The van der Waals surface area contributed by atoms with Crippen LogP contribution in [0.15, 0.2) is 29.3 Å². The minimum absolute atomic E-state index is 0.0449. The molecule has 0 fully saturated rings. The number of nitrogens with zero attached hydrogens (tertiary/aromatic N) is 2. The van der Waals surface area contributed by atoms with Gasteiger partial charge in [-0.2, -0.15) is 0 Å². The van der Waals surface area contributed by atoms with Gasteiger partial charge in [0, 0.05) is 34.2 Å². The van der Waals surface area contributed by atoms with Crippen LogP contribution in [0.4, 0.5) is 0 Å². The summed E-state index contributed by atoms with van der Waals surface area (Å²) in [4.78, 5) is 17.5. The number of rotatable bonds is 11. The minimum atomic E-state index is -0.0586. The monoisotopic (exact) mass is 376 g/mol. The number of aliphatic imine (C=N–C) groups is 1. The lowest BCUT2D eigenvalue weighted by atomic mass is 9.99. The number of guanidine groups is 1. The van der Waals surface area contributed by atoms with Crippen molar-refractivity contribution in [2.75, 3.05) is 34.3 Å². The number of hydrogen-bond donors (Lipinski definition) is 2. The summed E-state index contributed by atoms with van der Waals surface area (Å²) in [7, 11) is 5.22. The van der Waals surface area contributed by atoms with Gasteiger partial charge >= 0.3 is 0 Å². The first kappa shape index (κ1) is 22.8. The molecule has 27 heavy (non-hydrogen) atoms.